The van der Waals surface area contributed by atoms with Crippen molar-refractivity contribution in [3.05, 3.63) is 140 Å². The van der Waals surface area contributed by atoms with Crippen LogP contribution in [0, 0.1) is 5.82 Å². The van der Waals surface area contributed by atoms with Crippen LogP contribution in [0.25, 0.3) is 0 Å². The fourth-order valence-corrected chi connectivity index (χ4v) is 7.84. The number of imide groups is 2. The molecular weight excluding hydrogens is 871 g/mol. The molecule has 8 rings (SSSR count). The number of nitrogens with one attached hydrogen (secondary N) is 4. The molecule has 4 aliphatic heterocycles. The number of hydrogen-bond donors (Lipinski definition) is 4. The number of nitrogens with zero attached hydrogens (tertiary/aromatic N) is 2. The lowest BCUT2D eigenvalue weighted by molar-refractivity contribution is -0.147. The molecule has 4 N–H and O–H groups in total. The van der Waals surface area contributed by atoms with Crippen molar-refractivity contribution in [2.24, 2.45) is 0 Å². The second kappa shape index (κ2) is 18.0. The van der Waals surface area contributed by atoms with Gasteiger partial charge in [-0.15, -0.1) is 0 Å². The van der Waals surface area contributed by atoms with Crippen LogP contribution in [0.1, 0.15) is 79.8 Å². The minimum atomic E-state index is -3.94. The van der Waals surface area contributed by atoms with E-state index in [1.54, 1.807) is 30.3 Å². The highest BCUT2D eigenvalue weighted by Crippen LogP contribution is 2.33. The molecule has 0 bridgehead atoms. The highest BCUT2D eigenvalue weighted by atomic mass is 35.5. The van der Waals surface area contributed by atoms with Crippen molar-refractivity contribution in [2.75, 3.05) is 0 Å². The zero-order chi connectivity index (χ0) is 46.1. The van der Waals surface area contributed by atoms with Gasteiger partial charge in [0.2, 0.25) is 23.6 Å². The maximum absolute atomic E-state index is 14.4. The number of benzene rings is 4. The summed E-state index contributed by atoms with van der Waals surface area (Å²) < 4.78 is 70.8. The highest BCUT2D eigenvalue weighted by Gasteiger charge is 2.43. The third kappa shape index (κ3) is 9.20. The third-order valence-corrected chi connectivity index (χ3v) is 11.4. The van der Waals surface area contributed by atoms with E-state index in [4.69, 9.17) is 11.6 Å². The molecule has 64 heavy (non-hydrogen) atoms. The molecule has 20 heteroatoms. The van der Waals surface area contributed by atoms with Crippen molar-refractivity contribution < 1.29 is 60.3 Å². The van der Waals surface area contributed by atoms with Crippen LogP contribution >= 0.6 is 11.6 Å². The van der Waals surface area contributed by atoms with Crippen LogP contribution in [0.15, 0.2) is 84.9 Å². The normalized spacial score (nSPS) is 18.4. The molecule has 0 aliphatic carbocycles. The Morgan fingerprint density at radius 2 is 1.08 bits per heavy atom. The fraction of sp³-hybridized carbons (Fsp3) is 0.273. The van der Waals surface area contributed by atoms with E-state index in [0.29, 0.717) is 39.4 Å². The molecule has 2 unspecified atom stereocenters. The summed E-state index contributed by atoms with van der Waals surface area (Å²) in [6, 6.07) is 16.9. The minimum absolute atomic E-state index is 0.118. The molecule has 2 fully saturated rings. The maximum atomic E-state index is 14.4. The Bertz CT molecular complexity index is 2610. The van der Waals surface area contributed by atoms with E-state index < -0.39 is 75.4 Å². The zero-order valence-corrected chi connectivity index (χ0v) is 34.1. The van der Waals surface area contributed by atoms with Crippen molar-refractivity contribution in [1.29, 1.82) is 0 Å². The van der Waals surface area contributed by atoms with Gasteiger partial charge < -0.3 is 20.4 Å². The van der Waals surface area contributed by atoms with E-state index in [-0.39, 0.29) is 69.6 Å². The minimum Gasteiger partial charge on any atom is -0.346 e. The van der Waals surface area contributed by atoms with Gasteiger partial charge in [0.05, 0.1) is 5.02 Å². The summed E-state index contributed by atoms with van der Waals surface area (Å²) >= 11 is 5.53. The number of fused-ring (bicyclic) bond motifs is 2. The molecule has 332 valence electrons. The molecule has 8 amide bonds. The van der Waals surface area contributed by atoms with Crippen molar-refractivity contribution in [2.45, 2.75) is 75.8 Å². The third-order valence-electron chi connectivity index (χ3n) is 11.1. The van der Waals surface area contributed by atoms with Gasteiger partial charge in [-0.05, 0) is 65.4 Å². The molecule has 4 aromatic carbocycles. The van der Waals surface area contributed by atoms with Crippen molar-refractivity contribution >= 4 is 58.9 Å². The van der Waals surface area contributed by atoms with Crippen LogP contribution < -0.4 is 21.3 Å². The summed E-state index contributed by atoms with van der Waals surface area (Å²) in [4.78, 5) is 99.2. The first-order valence-corrected chi connectivity index (χ1v) is 20.1. The molecule has 4 heterocycles. The summed E-state index contributed by atoms with van der Waals surface area (Å²) in [7, 11) is 0. The first-order chi connectivity index (χ1) is 30.3. The quantitative estimate of drug-likeness (QED) is 0.132. The molecule has 0 spiro atoms. The van der Waals surface area contributed by atoms with Gasteiger partial charge in [-0.3, -0.25) is 49.0 Å². The van der Waals surface area contributed by atoms with Gasteiger partial charge in [-0.2, -0.15) is 17.6 Å². The summed E-state index contributed by atoms with van der Waals surface area (Å²) in [6.45, 7) is -0.0980. The maximum Gasteiger partial charge on any atom is 0.349 e. The summed E-state index contributed by atoms with van der Waals surface area (Å²) in [6.07, 6.45) is 0.752. The second-order valence-corrected chi connectivity index (χ2v) is 15.7. The SMILES string of the molecule is O=C1CCC(N2Cc3cc(CNC(=O)C(F)(F)c4ccc(F)c(Cl)c4)ccc3C2=O)C(=O)N1.O=C1CCC(N2Cc3cc(CNC(=O)C(F)(F)c4ccccc4)ccc3C2=O)C(=O)N1. The van der Waals surface area contributed by atoms with Gasteiger partial charge in [-0.25, -0.2) is 4.39 Å². The fourth-order valence-electron chi connectivity index (χ4n) is 7.66. The predicted octanol–water partition coefficient (Wildman–Crippen LogP) is 4.50. The topological polar surface area (TPSA) is 191 Å². The predicted molar refractivity (Wildman–Crippen MR) is 214 cm³/mol. The van der Waals surface area contributed by atoms with E-state index in [2.05, 4.69) is 21.3 Å². The zero-order valence-electron chi connectivity index (χ0n) is 33.3. The average Bonchev–Trinajstić information content (AvgIpc) is 3.77. The molecule has 0 aromatic heterocycles. The lowest BCUT2D eigenvalue weighted by atomic mass is 10.0. The molecule has 0 radical (unpaired) electrons. The van der Waals surface area contributed by atoms with Crippen molar-refractivity contribution in [1.82, 2.24) is 31.1 Å². The van der Waals surface area contributed by atoms with Crippen LogP contribution in [0.4, 0.5) is 22.0 Å². The highest BCUT2D eigenvalue weighted by molar-refractivity contribution is 6.30. The van der Waals surface area contributed by atoms with Gasteiger partial charge in [0, 0.05) is 61.3 Å². The van der Waals surface area contributed by atoms with E-state index in [1.807, 2.05) is 0 Å². The largest absolute Gasteiger partial charge is 0.349 e. The van der Waals surface area contributed by atoms with Gasteiger partial charge in [-0.1, -0.05) is 66.2 Å². The van der Waals surface area contributed by atoms with Gasteiger partial charge in [0.15, 0.2) is 0 Å². The molecule has 0 saturated carbocycles. The summed E-state index contributed by atoms with van der Waals surface area (Å²) in [5.74, 6) is -14.0. The number of rotatable bonds is 10. The molecule has 4 aliphatic rings. The van der Waals surface area contributed by atoms with E-state index in [9.17, 15) is 60.3 Å². The van der Waals surface area contributed by atoms with Crippen LogP contribution in [0.5, 0.6) is 0 Å². The van der Waals surface area contributed by atoms with Crippen molar-refractivity contribution in [3.63, 3.8) is 0 Å². The second-order valence-electron chi connectivity index (χ2n) is 15.3. The number of halogens is 6. The Balaban J connectivity index is 0.000000192. The smallest absolute Gasteiger partial charge is 0.346 e. The first-order valence-electron chi connectivity index (χ1n) is 19.7. The molecule has 2 saturated heterocycles. The van der Waals surface area contributed by atoms with Crippen LogP contribution in [-0.2, 0) is 66.8 Å². The van der Waals surface area contributed by atoms with E-state index >= 15 is 0 Å². The Hall–Kier alpha value is -7.02. The number of carbonyl (C=O) groups excluding carboxylic acids is 8. The monoisotopic (exact) mass is 906 g/mol. The lowest BCUT2D eigenvalue weighted by Gasteiger charge is -2.29. The van der Waals surface area contributed by atoms with Gasteiger partial charge in [0.1, 0.15) is 17.9 Å². The first kappa shape index (κ1) is 45.0. The Labute approximate surface area is 365 Å². The van der Waals surface area contributed by atoms with Crippen LogP contribution in [-0.4, -0.2) is 69.1 Å². The molecule has 2 atom stereocenters. The number of amides is 8. The Morgan fingerprint density at radius 3 is 1.52 bits per heavy atom. The number of piperidine rings is 2. The molecular formula is C44H36ClF5N6O8. The Morgan fingerprint density at radius 1 is 0.625 bits per heavy atom. The summed E-state index contributed by atoms with van der Waals surface area (Å²) in [5, 5.41) is 8.30. The van der Waals surface area contributed by atoms with Gasteiger partial charge >= 0.3 is 11.8 Å². The summed E-state index contributed by atoms with van der Waals surface area (Å²) in [5.41, 5.74) is 1.86. The lowest BCUT2D eigenvalue weighted by Crippen LogP contribution is -2.52. The number of carbonyl (C=O) groups is 8. The van der Waals surface area contributed by atoms with Gasteiger partial charge in [0.25, 0.3) is 23.6 Å². The van der Waals surface area contributed by atoms with Crippen LogP contribution in [0.3, 0.4) is 0 Å². The molecule has 14 nitrogen and oxygen atoms in total. The average molecular weight is 907 g/mol. The Kier molecular flexibility index (Phi) is 12.7. The molecule has 4 aromatic rings. The standard InChI is InChI=1S/C22H17ClF3N3O4.C22H19F2N3O4/c23-15-8-13(2-4-16(15)24)22(25,26)21(33)27-9-11-1-3-14-12(7-11)10-29(20(14)32)17-5-6-18(30)28-19(17)31;23-22(24,15-4-2-1-3-5-15)21(31)25-11-13-6-7-16-14(10-13)12-27(20(16)30)17-8-9-18(28)26-19(17)29/h1-4,7-8,17H,5-6,9-10H2,(H,27,33)(H,28,30,31);1-7,10,17H,8-9,11-12H2,(H,25,31)(H,26,28,29). The van der Waals surface area contributed by atoms with Crippen LogP contribution in [0.2, 0.25) is 5.02 Å². The number of alkyl halides is 4. The number of hydrogen-bond acceptors (Lipinski definition) is 8. The van der Waals surface area contributed by atoms with E-state index in [1.165, 1.54) is 46.2 Å². The van der Waals surface area contributed by atoms with E-state index in [0.717, 1.165) is 12.1 Å². The van der Waals surface area contributed by atoms with Crippen molar-refractivity contribution in [3.8, 4) is 0 Å².